The number of rotatable bonds is 6. The van der Waals surface area contributed by atoms with Crippen LogP contribution in [0.2, 0.25) is 0 Å². The van der Waals surface area contributed by atoms with Crippen molar-refractivity contribution in [1.29, 1.82) is 0 Å². The number of carbonyl (C=O) groups is 3. The predicted octanol–water partition coefficient (Wildman–Crippen LogP) is 0.117. The highest BCUT2D eigenvalue weighted by Gasteiger charge is 2.13. The lowest BCUT2D eigenvalue weighted by molar-refractivity contribution is -0.136. The molecule has 3 N–H and O–H groups in total. The van der Waals surface area contributed by atoms with E-state index in [1.54, 1.807) is 0 Å². The summed E-state index contributed by atoms with van der Waals surface area (Å²) in [6.07, 6.45) is 2.15. The number of nitrogens with zero attached hydrogens (tertiary/aromatic N) is 2. The number of nitrogens with one attached hydrogen (secondary N) is 1. The fourth-order valence-corrected chi connectivity index (χ4v) is 1.12. The van der Waals surface area contributed by atoms with Crippen molar-refractivity contribution in [3.8, 4) is 0 Å². The zero-order valence-electron chi connectivity index (χ0n) is 9.74. The van der Waals surface area contributed by atoms with E-state index in [2.05, 4.69) is 15.5 Å². The van der Waals surface area contributed by atoms with Crippen LogP contribution in [0.25, 0.3) is 0 Å². The smallest absolute Gasteiger partial charge is 0.352 e. The van der Waals surface area contributed by atoms with E-state index in [1.807, 2.05) is 0 Å². The topological polar surface area (TPSA) is 129 Å². The third kappa shape index (κ3) is 4.94. The molecule has 0 saturated heterocycles. The number of hydrogen-bond acceptors (Lipinski definition) is 5. The maximum absolute atomic E-state index is 11.6. The Hall–Kier alpha value is -2.77. The SMILES string of the molecule is O=C(O)CC/C(=N/NC(=O)c1ccncc1)C(=O)O. The molecular formula is C11H11N3O5. The lowest BCUT2D eigenvalue weighted by atomic mass is 10.2. The van der Waals surface area contributed by atoms with Gasteiger partial charge in [-0.1, -0.05) is 0 Å². The second kappa shape index (κ2) is 6.84. The Morgan fingerprint density at radius 2 is 1.79 bits per heavy atom. The second-order valence-corrected chi connectivity index (χ2v) is 3.43. The zero-order chi connectivity index (χ0) is 14.3. The van der Waals surface area contributed by atoms with Gasteiger partial charge in [0, 0.05) is 24.4 Å². The lowest BCUT2D eigenvalue weighted by Gasteiger charge is -2.02. The highest BCUT2D eigenvalue weighted by atomic mass is 16.4. The van der Waals surface area contributed by atoms with Crippen molar-refractivity contribution in [1.82, 2.24) is 10.4 Å². The van der Waals surface area contributed by atoms with Gasteiger partial charge in [0.2, 0.25) is 0 Å². The van der Waals surface area contributed by atoms with E-state index in [4.69, 9.17) is 10.2 Å². The molecule has 0 radical (unpaired) electrons. The number of carboxylic acid groups (broad SMARTS) is 2. The van der Waals surface area contributed by atoms with Crippen molar-refractivity contribution in [2.24, 2.45) is 5.10 Å². The van der Waals surface area contributed by atoms with Gasteiger partial charge in [-0.15, -0.1) is 0 Å². The molecule has 0 spiro atoms. The van der Waals surface area contributed by atoms with E-state index < -0.39 is 23.6 Å². The first kappa shape index (κ1) is 14.3. The average Bonchev–Trinajstić information content (AvgIpc) is 2.38. The summed E-state index contributed by atoms with van der Waals surface area (Å²) >= 11 is 0. The van der Waals surface area contributed by atoms with Crippen LogP contribution < -0.4 is 5.43 Å². The Labute approximate surface area is 107 Å². The minimum absolute atomic E-state index is 0.265. The molecular weight excluding hydrogens is 254 g/mol. The van der Waals surface area contributed by atoms with Crippen molar-refractivity contribution in [2.75, 3.05) is 0 Å². The van der Waals surface area contributed by atoms with Crippen LogP contribution in [0.4, 0.5) is 0 Å². The minimum Gasteiger partial charge on any atom is -0.481 e. The normalized spacial score (nSPS) is 10.8. The maximum atomic E-state index is 11.6. The third-order valence-corrected chi connectivity index (χ3v) is 2.06. The van der Waals surface area contributed by atoms with Gasteiger partial charge in [0.25, 0.3) is 5.91 Å². The maximum Gasteiger partial charge on any atom is 0.352 e. The van der Waals surface area contributed by atoms with Gasteiger partial charge in [-0.05, 0) is 12.1 Å². The molecule has 0 aliphatic heterocycles. The first-order chi connectivity index (χ1) is 9.00. The number of hydrazone groups is 1. The molecule has 1 rings (SSSR count). The van der Waals surface area contributed by atoms with Crippen LogP contribution in [0.3, 0.4) is 0 Å². The highest BCUT2D eigenvalue weighted by Crippen LogP contribution is 1.97. The van der Waals surface area contributed by atoms with Crippen molar-refractivity contribution < 1.29 is 24.6 Å². The van der Waals surface area contributed by atoms with Gasteiger partial charge in [0.05, 0.1) is 6.42 Å². The molecule has 0 saturated carbocycles. The molecule has 0 bridgehead atoms. The van der Waals surface area contributed by atoms with Crippen LogP contribution in [-0.4, -0.2) is 38.8 Å². The van der Waals surface area contributed by atoms with Gasteiger partial charge in [0.15, 0.2) is 0 Å². The molecule has 0 aliphatic rings. The number of aliphatic carboxylic acids is 2. The predicted molar refractivity (Wildman–Crippen MR) is 63.6 cm³/mol. The van der Waals surface area contributed by atoms with Crippen LogP contribution in [0.1, 0.15) is 23.2 Å². The van der Waals surface area contributed by atoms with E-state index in [0.29, 0.717) is 0 Å². The van der Waals surface area contributed by atoms with E-state index >= 15 is 0 Å². The number of pyridine rings is 1. The number of aromatic nitrogens is 1. The summed E-state index contributed by atoms with van der Waals surface area (Å²) in [4.78, 5) is 36.4. The molecule has 1 heterocycles. The molecule has 0 fully saturated rings. The van der Waals surface area contributed by atoms with E-state index in [9.17, 15) is 14.4 Å². The zero-order valence-corrected chi connectivity index (χ0v) is 9.74. The summed E-state index contributed by atoms with van der Waals surface area (Å²) in [5.41, 5.74) is 1.89. The first-order valence-electron chi connectivity index (χ1n) is 5.22. The van der Waals surface area contributed by atoms with Crippen molar-refractivity contribution in [3.05, 3.63) is 30.1 Å². The molecule has 0 atom stereocenters. The molecule has 100 valence electrons. The minimum atomic E-state index is -1.38. The summed E-state index contributed by atoms with van der Waals surface area (Å²) in [5, 5.41) is 20.6. The molecule has 1 amide bonds. The summed E-state index contributed by atoms with van der Waals surface area (Å²) in [5.74, 6) is -3.12. The Kier molecular flexibility index (Phi) is 5.15. The van der Waals surface area contributed by atoms with Crippen LogP contribution in [0.5, 0.6) is 0 Å². The van der Waals surface area contributed by atoms with Gasteiger partial charge in [0.1, 0.15) is 5.71 Å². The molecule has 19 heavy (non-hydrogen) atoms. The Morgan fingerprint density at radius 1 is 1.16 bits per heavy atom. The van der Waals surface area contributed by atoms with E-state index in [-0.39, 0.29) is 18.4 Å². The third-order valence-electron chi connectivity index (χ3n) is 2.06. The largest absolute Gasteiger partial charge is 0.481 e. The van der Waals surface area contributed by atoms with Gasteiger partial charge in [-0.2, -0.15) is 5.10 Å². The summed E-state index contributed by atoms with van der Waals surface area (Å²) in [6, 6.07) is 2.87. The molecule has 0 aliphatic carbocycles. The number of carbonyl (C=O) groups excluding carboxylic acids is 1. The number of carboxylic acids is 2. The molecule has 0 unspecified atom stereocenters. The van der Waals surface area contributed by atoms with Gasteiger partial charge >= 0.3 is 11.9 Å². The molecule has 1 aromatic heterocycles. The second-order valence-electron chi connectivity index (χ2n) is 3.43. The molecule has 0 aromatic carbocycles. The summed E-state index contributed by atoms with van der Waals surface area (Å²) < 4.78 is 0. The van der Waals surface area contributed by atoms with E-state index in [1.165, 1.54) is 24.5 Å². The van der Waals surface area contributed by atoms with Gasteiger partial charge in [-0.3, -0.25) is 14.6 Å². The standard InChI is InChI=1S/C11H11N3O5/c15-9(16)2-1-8(11(18)19)13-14-10(17)7-3-5-12-6-4-7/h3-6H,1-2H2,(H,14,17)(H,15,16)(H,18,19)/b13-8-. The van der Waals surface area contributed by atoms with Crippen molar-refractivity contribution in [3.63, 3.8) is 0 Å². The van der Waals surface area contributed by atoms with Crippen LogP contribution >= 0.6 is 0 Å². The van der Waals surface area contributed by atoms with Gasteiger partial charge in [-0.25, -0.2) is 10.2 Å². The first-order valence-corrected chi connectivity index (χ1v) is 5.22. The van der Waals surface area contributed by atoms with E-state index in [0.717, 1.165) is 0 Å². The fraction of sp³-hybridized carbons (Fsp3) is 0.182. The average molecular weight is 265 g/mol. The van der Waals surface area contributed by atoms with Crippen LogP contribution in [0, 0.1) is 0 Å². The quantitative estimate of drug-likeness (QED) is 0.494. The summed E-state index contributed by atoms with van der Waals surface area (Å²) in [6.45, 7) is 0. The fourth-order valence-electron chi connectivity index (χ4n) is 1.12. The molecule has 1 aromatic rings. The van der Waals surface area contributed by atoms with Crippen LogP contribution in [-0.2, 0) is 9.59 Å². The summed E-state index contributed by atoms with van der Waals surface area (Å²) in [7, 11) is 0. The molecule has 8 nitrogen and oxygen atoms in total. The highest BCUT2D eigenvalue weighted by molar-refractivity contribution is 6.35. The molecule has 8 heteroatoms. The van der Waals surface area contributed by atoms with Crippen molar-refractivity contribution in [2.45, 2.75) is 12.8 Å². The monoisotopic (exact) mass is 265 g/mol. The Morgan fingerprint density at radius 3 is 2.32 bits per heavy atom. The number of amides is 1. The lowest BCUT2D eigenvalue weighted by Crippen LogP contribution is -2.23. The Balaban J connectivity index is 2.68. The van der Waals surface area contributed by atoms with Gasteiger partial charge < -0.3 is 10.2 Å². The number of hydrogen-bond donors (Lipinski definition) is 3. The Bertz CT molecular complexity index is 512. The van der Waals surface area contributed by atoms with Crippen molar-refractivity contribution >= 4 is 23.6 Å². The van der Waals surface area contributed by atoms with Crippen LogP contribution in [0.15, 0.2) is 29.6 Å².